The highest BCUT2D eigenvalue weighted by Crippen LogP contribution is 2.35. The van der Waals surface area contributed by atoms with E-state index < -0.39 is 0 Å². The van der Waals surface area contributed by atoms with Crippen LogP contribution in [0.1, 0.15) is 12.5 Å². The van der Waals surface area contributed by atoms with Crippen molar-refractivity contribution in [3.8, 4) is 16.9 Å². The van der Waals surface area contributed by atoms with Crippen LogP contribution >= 0.6 is 11.6 Å². The third-order valence-corrected chi connectivity index (χ3v) is 2.97. The zero-order valence-electron chi connectivity index (χ0n) is 9.66. The van der Waals surface area contributed by atoms with E-state index in [2.05, 4.69) is 5.16 Å². The fourth-order valence-electron chi connectivity index (χ4n) is 1.76. The molecule has 2 aromatic rings. The van der Waals surface area contributed by atoms with Crippen molar-refractivity contribution in [2.75, 3.05) is 12.8 Å². The van der Waals surface area contributed by atoms with Crippen molar-refractivity contribution in [3.05, 3.63) is 28.9 Å². The number of halogens is 1. The maximum atomic E-state index is 6.21. The first-order valence-corrected chi connectivity index (χ1v) is 5.62. The monoisotopic (exact) mass is 252 g/mol. The first-order chi connectivity index (χ1) is 8.17. The Morgan fingerprint density at radius 1 is 1.47 bits per heavy atom. The van der Waals surface area contributed by atoms with E-state index in [4.69, 9.17) is 26.6 Å². The standard InChI is InChI=1S/C12H13ClN2O2/c1-3-8-10(13)4-7(5-11(8)16-2)9-6-15-17-12(9)14/h4-6H,3,14H2,1-2H3. The summed E-state index contributed by atoms with van der Waals surface area (Å²) in [4.78, 5) is 0. The minimum atomic E-state index is 0.271. The lowest BCUT2D eigenvalue weighted by Crippen LogP contribution is -1.93. The van der Waals surface area contributed by atoms with Crippen LogP contribution in [0.25, 0.3) is 11.1 Å². The van der Waals surface area contributed by atoms with Crippen molar-refractivity contribution in [2.24, 2.45) is 0 Å². The summed E-state index contributed by atoms with van der Waals surface area (Å²) in [7, 11) is 1.62. The largest absolute Gasteiger partial charge is 0.496 e. The summed E-state index contributed by atoms with van der Waals surface area (Å²) in [5, 5.41) is 4.30. The molecule has 1 heterocycles. The molecule has 17 heavy (non-hydrogen) atoms. The number of nitrogen functional groups attached to an aromatic ring is 1. The number of methoxy groups -OCH3 is 1. The molecule has 4 nitrogen and oxygen atoms in total. The maximum Gasteiger partial charge on any atom is 0.229 e. The number of hydrogen-bond acceptors (Lipinski definition) is 4. The van der Waals surface area contributed by atoms with E-state index in [1.54, 1.807) is 13.3 Å². The normalized spacial score (nSPS) is 10.5. The van der Waals surface area contributed by atoms with Gasteiger partial charge in [-0.25, -0.2) is 0 Å². The molecule has 5 heteroatoms. The Kier molecular flexibility index (Phi) is 3.24. The van der Waals surface area contributed by atoms with Crippen LogP contribution in [0.4, 0.5) is 5.88 Å². The van der Waals surface area contributed by atoms with Crippen molar-refractivity contribution in [3.63, 3.8) is 0 Å². The fourth-order valence-corrected chi connectivity index (χ4v) is 2.10. The molecular formula is C12H13ClN2O2. The first-order valence-electron chi connectivity index (χ1n) is 5.24. The van der Waals surface area contributed by atoms with Crippen LogP contribution in [0, 0.1) is 0 Å². The van der Waals surface area contributed by atoms with E-state index >= 15 is 0 Å². The predicted molar refractivity (Wildman–Crippen MR) is 67.3 cm³/mol. The minimum Gasteiger partial charge on any atom is -0.496 e. The van der Waals surface area contributed by atoms with Gasteiger partial charge in [0, 0.05) is 10.6 Å². The van der Waals surface area contributed by atoms with Gasteiger partial charge in [-0.05, 0) is 24.1 Å². The molecule has 90 valence electrons. The zero-order chi connectivity index (χ0) is 12.4. The zero-order valence-corrected chi connectivity index (χ0v) is 10.4. The van der Waals surface area contributed by atoms with Crippen LogP contribution in [0.15, 0.2) is 22.9 Å². The van der Waals surface area contributed by atoms with Crippen LogP contribution in [0.5, 0.6) is 5.75 Å². The third-order valence-electron chi connectivity index (χ3n) is 2.64. The van der Waals surface area contributed by atoms with Gasteiger partial charge in [0.25, 0.3) is 0 Å². The molecule has 2 N–H and O–H groups in total. The van der Waals surface area contributed by atoms with E-state index in [1.165, 1.54) is 0 Å². The molecule has 0 aliphatic rings. The molecule has 0 bridgehead atoms. The number of nitrogens with two attached hydrogens (primary N) is 1. The lowest BCUT2D eigenvalue weighted by Gasteiger charge is -2.10. The molecule has 1 aromatic heterocycles. The van der Waals surface area contributed by atoms with Crippen molar-refractivity contribution in [2.45, 2.75) is 13.3 Å². The summed E-state index contributed by atoms with van der Waals surface area (Å²) in [5.74, 6) is 1.02. The molecule has 0 spiro atoms. The summed E-state index contributed by atoms with van der Waals surface area (Å²) >= 11 is 6.21. The topological polar surface area (TPSA) is 61.3 Å². The molecule has 0 unspecified atom stereocenters. The van der Waals surface area contributed by atoms with Gasteiger partial charge in [-0.3, -0.25) is 0 Å². The van der Waals surface area contributed by atoms with E-state index in [-0.39, 0.29) is 5.88 Å². The highest BCUT2D eigenvalue weighted by Gasteiger charge is 2.13. The summed E-state index contributed by atoms with van der Waals surface area (Å²) < 4.78 is 10.2. The Labute approximate surface area is 104 Å². The number of nitrogens with zero attached hydrogens (tertiary/aromatic N) is 1. The van der Waals surface area contributed by atoms with Gasteiger partial charge in [-0.1, -0.05) is 23.7 Å². The van der Waals surface area contributed by atoms with Gasteiger partial charge in [0.1, 0.15) is 5.75 Å². The summed E-state index contributed by atoms with van der Waals surface area (Å²) in [6, 6.07) is 3.72. The average molecular weight is 253 g/mol. The van der Waals surface area contributed by atoms with Crippen molar-refractivity contribution in [1.82, 2.24) is 5.16 Å². The Balaban J connectivity index is 2.58. The highest BCUT2D eigenvalue weighted by molar-refractivity contribution is 6.32. The Morgan fingerprint density at radius 2 is 2.24 bits per heavy atom. The molecule has 0 fully saturated rings. The van der Waals surface area contributed by atoms with Gasteiger partial charge in [0.15, 0.2) is 0 Å². The van der Waals surface area contributed by atoms with E-state index in [1.807, 2.05) is 19.1 Å². The summed E-state index contributed by atoms with van der Waals surface area (Å²) in [6.45, 7) is 2.02. The molecule has 0 amide bonds. The lowest BCUT2D eigenvalue weighted by molar-refractivity contribution is 0.410. The predicted octanol–water partition coefficient (Wildman–Crippen LogP) is 3.15. The van der Waals surface area contributed by atoms with Crippen molar-refractivity contribution < 1.29 is 9.26 Å². The van der Waals surface area contributed by atoms with Crippen molar-refractivity contribution >= 4 is 17.5 Å². The van der Waals surface area contributed by atoms with E-state index in [9.17, 15) is 0 Å². The molecule has 0 saturated heterocycles. The molecule has 0 aliphatic heterocycles. The molecule has 2 rings (SSSR count). The number of aromatic nitrogens is 1. The van der Waals surface area contributed by atoms with Crippen LogP contribution in [0.2, 0.25) is 5.02 Å². The third kappa shape index (κ3) is 2.08. The van der Waals surface area contributed by atoms with Gasteiger partial charge in [-0.15, -0.1) is 0 Å². The maximum absolute atomic E-state index is 6.21. The Morgan fingerprint density at radius 3 is 2.76 bits per heavy atom. The van der Waals surface area contributed by atoms with Gasteiger partial charge < -0.3 is 15.0 Å². The van der Waals surface area contributed by atoms with Crippen molar-refractivity contribution in [1.29, 1.82) is 0 Å². The quantitative estimate of drug-likeness (QED) is 0.912. The van der Waals surface area contributed by atoms with Gasteiger partial charge in [-0.2, -0.15) is 0 Å². The number of ether oxygens (including phenoxy) is 1. The van der Waals surface area contributed by atoms with Gasteiger partial charge in [0.05, 0.1) is 18.9 Å². The van der Waals surface area contributed by atoms with Crippen LogP contribution in [0.3, 0.4) is 0 Å². The Hall–Kier alpha value is -1.68. The molecule has 0 radical (unpaired) electrons. The van der Waals surface area contributed by atoms with Crippen LogP contribution < -0.4 is 10.5 Å². The number of benzene rings is 1. The lowest BCUT2D eigenvalue weighted by atomic mass is 10.0. The van der Waals surface area contributed by atoms with E-state index in [0.29, 0.717) is 10.6 Å². The molecule has 0 saturated carbocycles. The fraction of sp³-hybridized carbons (Fsp3) is 0.250. The SMILES string of the molecule is CCc1c(Cl)cc(-c2cnoc2N)cc1OC. The number of anilines is 1. The van der Waals surface area contributed by atoms with Gasteiger partial charge in [0.2, 0.25) is 5.88 Å². The number of rotatable bonds is 3. The Bertz CT molecular complexity index is 537. The average Bonchev–Trinajstić information content (AvgIpc) is 2.74. The number of hydrogen-bond donors (Lipinski definition) is 1. The second-order valence-corrected chi connectivity index (χ2v) is 4.00. The second kappa shape index (κ2) is 4.67. The van der Waals surface area contributed by atoms with Gasteiger partial charge >= 0.3 is 0 Å². The summed E-state index contributed by atoms with van der Waals surface area (Å²) in [6.07, 6.45) is 2.37. The van der Waals surface area contributed by atoms with E-state index in [0.717, 1.165) is 23.3 Å². The molecule has 0 atom stereocenters. The summed E-state index contributed by atoms with van der Waals surface area (Å²) in [5.41, 5.74) is 8.20. The smallest absolute Gasteiger partial charge is 0.229 e. The first kappa shape index (κ1) is 11.8. The molecule has 0 aliphatic carbocycles. The van der Waals surface area contributed by atoms with Crippen LogP contribution in [-0.4, -0.2) is 12.3 Å². The molecular weight excluding hydrogens is 240 g/mol. The highest BCUT2D eigenvalue weighted by atomic mass is 35.5. The van der Waals surface area contributed by atoms with Crippen LogP contribution in [-0.2, 0) is 6.42 Å². The molecule has 1 aromatic carbocycles. The second-order valence-electron chi connectivity index (χ2n) is 3.60. The minimum absolute atomic E-state index is 0.271.